The number of carboxylic acid groups (broad SMARTS) is 1. The molecular formula is C14H14N4O2. The monoisotopic (exact) mass is 270 g/mol. The third-order valence-corrected chi connectivity index (χ3v) is 3.26. The van der Waals surface area contributed by atoms with Gasteiger partial charge in [0.2, 0.25) is 0 Å². The number of nitrogens with zero attached hydrogens (tertiary/aromatic N) is 3. The van der Waals surface area contributed by atoms with Gasteiger partial charge < -0.3 is 10.1 Å². The number of imidazole rings is 1. The minimum absolute atomic E-state index is 0.244. The summed E-state index contributed by atoms with van der Waals surface area (Å²) in [6, 6.07) is 5.71. The van der Waals surface area contributed by atoms with E-state index in [0.29, 0.717) is 12.1 Å². The zero-order chi connectivity index (χ0) is 14.3. The fourth-order valence-electron chi connectivity index (χ4n) is 2.37. The quantitative estimate of drug-likeness (QED) is 0.765. The molecule has 3 aromatic rings. The van der Waals surface area contributed by atoms with Crippen LogP contribution in [0.5, 0.6) is 0 Å². The molecule has 0 aliphatic rings. The van der Waals surface area contributed by atoms with Gasteiger partial charge in [0.1, 0.15) is 11.4 Å². The van der Waals surface area contributed by atoms with Gasteiger partial charge in [-0.3, -0.25) is 0 Å². The first kappa shape index (κ1) is 12.4. The summed E-state index contributed by atoms with van der Waals surface area (Å²) >= 11 is 0. The maximum atomic E-state index is 11.2. The summed E-state index contributed by atoms with van der Waals surface area (Å²) in [5.41, 5.74) is 3.55. The third kappa shape index (κ3) is 1.85. The highest BCUT2D eigenvalue weighted by atomic mass is 16.4. The SMILES string of the molecule is CCc1c(C(=O)O)cnn1-c1ccc2nc(C)[nH]c2c1. The number of rotatable bonds is 3. The largest absolute Gasteiger partial charge is 0.478 e. The summed E-state index contributed by atoms with van der Waals surface area (Å²) in [4.78, 5) is 18.7. The highest BCUT2D eigenvalue weighted by molar-refractivity contribution is 5.89. The molecular weight excluding hydrogens is 256 g/mol. The average molecular weight is 270 g/mol. The molecule has 0 amide bonds. The zero-order valence-electron chi connectivity index (χ0n) is 11.2. The standard InChI is InChI=1S/C14H14N4O2/c1-3-13-10(14(19)20)7-15-18(13)9-4-5-11-12(6-9)17-8(2)16-11/h4-7H,3H2,1-2H3,(H,16,17)(H,19,20). The summed E-state index contributed by atoms with van der Waals surface area (Å²) in [7, 11) is 0. The predicted octanol–water partition coefficient (Wildman–Crippen LogP) is 2.32. The predicted molar refractivity (Wildman–Crippen MR) is 74.3 cm³/mol. The first-order valence-corrected chi connectivity index (χ1v) is 6.37. The Labute approximate surface area is 115 Å². The van der Waals surface area contributed by atoms with E-state index in [1.807, 2.05) is 32.0 Å². The smallest absolute Gasteiger partial charge is 0.339 e. The van der Waals surface area contributed by atoms with Gasteiger partial charge in [-0.2, -0.15) is 5.10 Å². The van der Waals surface area contributed by atoms with Gasteiger partial charge >= 0.3 is 5.97 Å². The second-order valence-corrected chi connectivity index (χ2v) is 4.60. The van der Waals surface area contributed by atoms with Crippen LogP contribution in [0.15, 0.2) is 24.4 Å². The lowest BCUT2D eigenvalue weighted by atomic mass is 10.2. The van der Waals surface area contributed by atoms with E-state index in [1.54, 1.807) is 4.68 Å². The second-order valence-electron chi connectivity index (χ2n) is 4.60. The summed E-state index contributed by atoms with van der Waals surface area (Å²) in [5.74, 6) is -0.105. The number of fused-ring (bicyclic) bond motifs is 1. The summed E-state index contributed by atoms with van der Waals surface area (Å²) in [6.07, 6.45) is 1.99. The Balaban J connectivity index is 2.17. The van der Waals surface area contributed by atoms with Crippen LogP contribution in [0, 0.1) is 6.92 Å². The van der Waals surface area contributed by atoms with Crippen molar-refractivity contribution in [1.82, 2.24) is 19.7 Å². The lowest BCUT2D eigenvalue weighted by molar-refractivity contribution is 0.0695. The number of nitrogens with one attached hydrogen (secondary N) is 1. The Morgan fingerprint density at radius 1 is 1.45 bits per heavy atom. The maximum absolute atomic E-state index is 11.2. The number of carbonyl (C=O) groups is 1. The van der Waals surface area contributed by atoms with E-state index in [9.17, 15) is 4.79 Å². The molecule has 1 aromatic carbocycles. The number of carboxylic acids is 1. The Hall–Kier alpha value is -2.63. The fourth-order valence-corrected chi connectivity index (χ4v) is 2.37. The third-order valence-electron chi connectivity index (χ3n) is 3.26. The van der Waals surface area contributed by atoms with Crippen LogP contribution in [0.4, 0.5) is 0 Å². The van der Waals surface area contributed by atoms with Crippen molar-refractivity contribution in [3.8, 4) is 5.69 Å². The van der Waals surface area contributed by atoms with E-state index in [2.05, 4.69) is 15.1 Å². The van der Waals surface area contributed by atoms with Crippen LogP contribution in [0.3, 0.4) is 0 Å². The molecule has 0 fully saturated rings. The van der Waals surface area contributed by atoms with Crippen LogP contribution in [-0.4, -0.2) is 30.8 Å². The van der Waals surface area contributed by atoms with Crippen LogP contribution in [0.2, 0.25) is 0 Å². The van der Waals surface area contributed by atoms with Crippen LogP contribution >= 0.6 is 0 Å². The van der Waals surface area contributed by atoms with E-state index >= 15 is 0 Å². The van der Waals surface area contributed by atoms with Crippen LogP contribution in [-0.2, 0) is 6.42 Å². The maximum Gasteiger partial charge on any atom is 0.339 e. The Kier molecular flexibility index (Phi) is 2.78. The number of H-pyrrole nitrogens is 1. The van der Waals surface area contributed by atoms with E-state index in [-0.39, 0.29) is 5.56 Å². The number of hydrogen-bond donors (Lipinski definition) is 2. The average Bonchev–Trinajstić information content (AvgIpc) is 2.98. The molecule has 2 aromatic heterocycles. The molecule has 20 heavy (non-hydrogen) atoms. The van der Waals surface area contributed by atoms with Crippen molar-refractivity contribution >= 4 is 17.0 Å². The van der Waals surface area contributed by atoms with Gasteiger partial charge in [0.25, 0.3) is 0 Å². The van der Waals surface area contributed by atoms with Gasteiger partial charge in [-0.1, -0.05) is 6.92 Å². The molecule has 0 atom stereocenters. The molecule has 6 nitrogen and oxygen atoms in total. The van der Waals surface area contributed by atoms with Gasteiger partial charge in [0.15, 0.2) is 0 Å². The molecule has 0 aliphatic heterocycles. The van der Waals surface area contributed by atoms with E-state index < -0.39 is 5.97 Å². The van der Waals surface area contributed by atoms with Crippen molar-refractivity contribution in [3.63, 3.8) is 0 Å². The topological polar surface area (TPSA) is 83.8 Å². The molecule has 0 spiro atoms. The van der Waals surface area contributed by atoms with Crippen molar-refractivity contribution in [2.75, 3.05) is 0 Å². The molecule has 0 saturated heterocycles. The minimum atomic E-state index is -0.952. The fraction of sp³-hybridized carbons (Fsp3) is 0.214. The lowest BCUT2D eigenvalue weighted by Crippen LogP contribution is -2.05. The normalized spacial score (nSPS) is 11.1. The number of aromatic carboxylic acids is 1. The molecule has 0 bridgehead atoms. The van der Waals surface area contributed by atoms with Gasteiger partial charge in [-0.15, -0.1) is 0 Å². The summed E-state index contributed by atoms with van der Waals surface area (Å²) in [5, 5.41) is 13.4. The molecule has 102 valence electrons. The first-order chi connectivity index (χ1) is 9.60. The summed E-state index contributed by atoms with van der Waals surface area (Å²) in [6.45, 7) is 3.81. The number of hydrogen-bond acceptors (Lipinski definition) is 3. The van der Waals surface area contributed by atoms with Crippen molar-refractivity contribution in [1.29, 1.82) is 0 Å². The van der Waals surface area contributed by atoms with Gasteiger partial charge in [0, 0.05) is 0 Å². The molecule has 3 rings (SSSR count). The molecule has 6 heteroatoms. The lowest BCUT2D eigenvalue weighted by Gasteiger charge is -2.06. The summed E-state index contributed by atoms with van der Waals surface area (Å²) < 4.78 is 1.67. The van der Waals surface area contributed by atoms with E-state index in [0.717, 1.165) is 22.5 Å². The van der Waals surface area contributed by atoms with Crippen molar-refractivity contribution < 1.29 is 9.90 Å². The Bertz CT molecular complexity index is 801. The molecule has 0 radical (unpaired) electrons. The number of benzene rings is 1. The van der Waals surface area contributed by atoms with Crippen molar-refractivity contribution in [3.05, 3.63) is 41.5 Å². The van der Waals surface area contributed by atoms with Gasteiger partial charge in [-0.25, -0.2) is 14.5 Å². The first-order valence-electron chi connectivity index (χ1n) is 6.37. The second kappa shape index (κ2) is 4.48. The van der Waals surface area contributed by atoms with Gasteiger partial charge in [-0.05, 0) is 31.5 Å². The molecule has 2 N–H and O–H groups in total. The van der Waals surface area contributed by atoms with E-state index in [1.165, 1.54) is 6.20 Å². The number of aromatic amines is 1. The van der Waals surface area contributed by atoms with Crippen LogP contribution in [0.25, 0.3) is 16.7 Å². The number of aromatic nitrogens is 4. The molecule has 0 unspecified atom stereocenters. The van der Waals surface area contributed by atoms with E-state index in [4.69, 9.17) is 5.11 Å². The van der Waals surface area contributed by atoms with Crippen LogP contribution in [0.1, 0.15) is 28.8 Å². The zero-order valence-corrected chi connectivity index (χ0v) is 11.2. The van der Waals surface area contributed by atoms with Crippen molar-refractivity contribution in [2.24, 2.45) is 0 Å². The van der Waals surface area contributed by atoms with Gasteiger partial charge in [0.05, 0.1) is 28.6 Å². The molecule has 0 saturated carbocycles. The molecule has 2 heterocycles. The van der Waals surface area contributed by atoms with Crippen LogP contribution < -0.4 is 0 Å². The Morgan fingerprint density at radius 2 is 2.25 bits per heavy atom. The highest BCUT2D eigenvalue weighted by Crippen LogP contribution is 2.20. The molecule has 0 aliphatic carbocycles. The minimum Gasteiger partial charge on any atom is -0.478 e. The Morgan fingerprint density at radius 3 is 2.95 bits per heavy atom. The number of aryl methyl sites for hydroxylation is 1. The van der Waals surface area contributed by atoms with Crippen molar-refractivity contribution in [2.45, 2.75) is 20.3 Å². The highest BCUT2D eigenvalue weighted by Gasteiger charge is 2.16.